The molecule has 1 fully saturated rings. The molecule has 1 aliphatic rings. The van der Waals surface area contributed by atoms with E-state index in [4.69, 9.17) is 14.6 Å². The summed E-state index contributed by atoms with van der Waals surface area (Å²) in [6.45, 7) is -0.538. The van der Waals surface area contributed by atoms with Crippen molar-refractivity contribution in [2.45, 2.75) is 37.1 Å². The number of aliphatic hydroxyl groups is 4. The molecular formula is C15H20O7. The smallest absolute Gasteiger partial charge is 0.186 e. The topological polar surface area (TPSA) is 116 Å². The van der Waals surface area contributed by atoms with Gasteiger partial charge >= 0.3 is 0 Å². The Morgan fingerprint density at radius 3 is 2.41 bits per heavy atom. The van der Waals surface area contributed by atoms with Crippen LogP contribution in [0, 0.1) is 0 Å². The lowest BCUT2D eigenvalue weighted by Gasteiger charge is -2.39. The summed E-state index contributed by atoms with van der Waals surface area (Å²) in [5, 5.41) is 38.1. The summed E-state index contributed by atoms with van der Waals surface area (Å²) in [6.07, 6.45) is -6.51. The molecule has 4 N–H and O–H groups in total. The van der Waals surface area contributed by atoms with Crippen LogP contribution in [0.5, 0.6) is 0 Å². The summed E-state index contributed by atoms with van der Waals surface area (Å²) in [5.74, 6) is -0.120. The predicted molar refractivity (Wildman–Crippen MR) is 75.1 cm³/mol. The molecule has 0 amide bonds. The Morgan fingerprint density at radius 1 is 1.09 bits per heavy atom. The monoisotopic (exact) mass is 312 g/mol. The number of carbonyl (C=O) groups is 1. The number of benzene rings is 1. The van der Waals surface area contributed by atoms with Gasteiger partial charge in [-0.1, -0.05) is 30.3 Å². The van der Waals surface area contributed by atoms with Crippen molar-refractivity contribution in [3.05, 3.63) is 35.9 Å². The average molecular weight is 312 g/mol. The second-order valence-corrected chi connectivity index (χ2v) is 5.11. The van der Waals surface area contributed by atoms with Gasteiger partial charge < -0.3 is 29.9 Å². The quantitative estimate of drug-likeness (QED) is 0.502. The zero-order valence-corrected chi connectivity index (χ0v) is 11.9. The molecule has 2 rings (SSSR count). The average Bonchev–Trinajstić information content (AvgIpc) is 2.55. The van der Waals surface area contributed by atoms with E-state index in [0.717, 1.165) is 0 Å². The Balaban J connectivity index is 1.84. The molecule has 0 saturated carbocycles. The van der Waals surface area contributed by atoms with Gasteiger partial charge in [-0.3, -0.25) is 4.79 Å². The zero-order valence-electron chi connectivity index (χ0n) is 11.9. The third-order valence-electron chi connectivity index (χ3n) is 3.56. The first-order valence-corrected chi connectivity index (χ1v) is 7.05. The summed E-state index contributed by atoms with van der Waals surface area (Å²) < 4.78 is 10.4. The van der Waals surface area contributed by atoms with Crippen LogP contribution in [0.1, 0.15) is 16.8 Å². The molecule has 7 heteroatoms. The van der Waals surface area contributed by atoms with Gasteiger partial charge in [0, 0.05) is 12.0 Å². The van der Waals surface area contributed by atoms with Crippen molar-refractivity contribution in [2.24, 2.45) is 0 Å². The minimum atomic E-state index is -1.49. The molecule has 0 radical (unpaired) electrons. The summed E-state index contributed by atoms with van der Waals surface area (Å²) in [4.78, 5) is 11.9. The minimum Gasteiger partial charge on any atom is -0.394 e. The van der Waals surface area contributed by atoms with E-state index < -0.39 is 37.3 Å². The van der Waals surface area contributed by atoms with E-state index in [1.807, 2.05) is 0 Å². The lowest BCUT2D eigenvalue weighted by molar-refractivity contribution is -0.300. The maximum Gasteiger partial charge on any atom is 0.186 e. The van der Waals surface area contributed by atoms with Crippen molar-refractivity contribution in [1.29, 1.82) is 0 Å². The highest BCUT2D eigenvalue weighted by molar-refractivity contribution is 5.96. The van der Waals surface area contributed by atoms with Crippen molar-refractivity contribution in [2.75, 3.05) is 13.2 Å². The lowest BCUT2D eigenvalue weighted by atomic mass is 9.99. The van der Waals surface area contributed by atoms with Gasteiger partial charge in [0.05, 0.1) is 13.2 Å². The normalized spacial score (nSPS) is 31.9. The Kier molecular flexibility index (Phi) is 6.01. The molecule has 7 nitrogen and oxygen atoms in total. The van der Waals surface area contributed by atoms with E-state index >= 15 is 0 Å². The van der Waals surface area contributed by atoms with Gasteiger partial charge in [0.25, 0.3) is 0 Å². The van der Waals surface area contributed by atoms with Crippen molar-refractivity contribution < 1.29 is 34.7 Å². The van der Waals surface area contributed by atoms with Gasteiger partial charge in [-0.05, 0) is 0 Å². The van der Waals surface area contributed by atoms with E-state index in [1.54, 1.807) is 30.3 Å². The standard InChI is InChI=1S/C15H20O7/c16-8-11-12(18)13(19)14(20)15(22-11)21-7-6-10(17)9-4-2-1-3-5-9/h1-5,11-16,18-20H,6-8H2/t11-,12-,13+,14-,15?/m1/s1. The van der Waals surface area contributed by atoms with Gasteiger partial charge in [-0.2, -0.15) is 0 Å². The molecule has 22 heavy (non-hydrogen) atoms. The molecule has 1 heterocycles. The van der Waals surface area contributed by atoms with Crippen LogP contribution in [0.2, 0.25) is 0 Å². The molecular weight excluding hydrogens is 292 g/mol. The number of Topliss-reactive ketones (excluding diaryl/α,β-unsaturated/α-hetero) is 1. The largest absolute Gasteiger partial charge is 0.394 e. The van der Waals surface area contributed by atoms with E-state index in [-0.39, 0.29) is 18.8 Å². The number of carbonyl (C=O) groups excluding carboxylic acids is 1. The van der Waals surface area contributed by atoms with E-state index in [9.17, 15) is 20.1 Å². The van der Waals surface area contributed by atoms with Crippen molar-refractivity contribution >= 4 is 5.78 Å². The molecule has 5 atom stereocenters. The maximum absolute atomic E-state index is 11.9. The Hall–Kier alpha value is -1.35. The fourth-order valence-corrected chi connectivity index (χ4v) is 2.24. The number of ketones is 1. The first kappa shape index (κ1) is 17.0. The maximum atomic E-state index is 11.9. The Bertz CT molecular complexity index is 476. The van der Waals surface area contributed by atoms with Crippen LogP contribution in [-0.4, -0.2) is 70.1 Å². The van der Waals surface area contributed by atoms with E-state index in [0.29, 0.717) is 5.56 Å². The van der Waals surface area contributed by atoms with Crippen LogP contribution < -0.4 is 0 Å². The second-order valence-electron chi connectivity index (χ2n) is 5.11. The third-order valence-corrected chi connectivity index (χ3v) is 3.56. The molecule has 0 aliphatic carbocycles. The predicted octanol–water partition coefficient (Wildman–Crippen LogP) is -0.924. The number of hydrogen-bond donors (Lipinski definition) is 4. The molecule has 1 aliphatic heterocycles. The van der Waals surface area contributed by atoms with Crippen LogP contribution in [0.15, 0.2) is 30.3 Å². The number of aliphatic hydroxyl groups excluding tert-OH is 4. The van der Waals surface area contributed by atoms with Gasteiger partial charge in [-0.25, -0.2) is 0 Å². The first-order valence-electron chi connectivity index (χ1n) is 7.05. The minimum absolute atomic E-state index is 0.0174. The molecule has 1 unspecified atom stereocenters. The van der Waals surface area contributed by atoms with Crippen molar-refractivity contribution in [3.8, 4) is 0 Å². The molecule has 1 aromatic carbocycles. The summed E-state index contributed by atoms with van der Waals surface area (Å²) >= 11 is 0. The lowest BCUT2D eigenvalue weighted by Crippen LogP contribution is -2.59. The Morgan fingerprint density at radius 2 is 1.77 bits per heavy atom. The SMILES string of the molecule is O=C(CCOC1O[C@H](CO)[C@@H](O)[C@H](O)[C@H]1O)c1ccccc1. The summed E-state index contributed by atoms with van der Waals surface area (Å²) in [6, 6.07) is 8.70. The summed E-state index contributed by atoms with van der Waals surface area (Å²) in [5.41, 5.74) is 0.555. The van der Waals surface area contributed by atoms with Crippen LogP contribution in [0.3, 0.4) is 0 Å². The van der Waals surface area contributed by atoms with Gasteiger partial charge in [0.15, 0.2) is 12.1 Å². The van der Waals surface area contributed by atoms with Gasteiger partial charge in [0.1, 0.15) is 24.4 Å². The third kappa shape index (κ3) is 3.89. The molecule has 0 spiro atoms. The van der Waals surface area contributed by atoms with E-state index in [2.05, 4.69) is 0 Å². The second kappa shape index (κ2) is 7.77. The molecule has 0 bridgehead atoms. The Labute approximate surface area is 127 Å². The highest BCUT2D eigenvalue weighted by Crippen LogP contribution is 2.22. The van der Waals surface area contributed by atoms with Crippen molar-refractivity contribution in [1.82, 2.24) is 0 Å². The summed E-state index contributed by atoms with van der Waals surface area (Å²) in [7, 11) is 0. The highest BCUT2D eigenvalue weighted by Gasteiger charge is 2.43. The molecule has 0 aromatic heterocycles. The van der Waals surface area contributed by atoms with Crippen LogP contribution >= 0.6 is 0 Å². The first-order chi connectivity index (χ1) is 10.5. The zero-order chi connectivity index (χ0) is 16.1. The number of ether oxygens (including phenoxy) is 2. The molecule has 1 aromatic rings. The fraction of sp³-hybridized carbons (Fsp3) is 0.533. The highest BCUT2D eigenvalue weighted by atomic mass is 16.7. The van der Waals surface area contributed by atoms with Crippen LogP contribution in [0.25, 0.3) is 0 Å². The molecule has 1 saturated heterocycles. The fourth-order valence-electron chi connectivity index (χ4n) is 2.24. The number of rotatable bonds is 6. The van der Waals surface area contributed by atoms with Gasteiger partial charge in [-0.15, -0.1) is 0 Å². The number of hydrogen-bond acceptors (Lipinski definition) is 7. The van der Waals surface area contributed by atoms with Gasteiger partial charge in [0.2, 0.25) is 0 Å². The van der Waals surface area contributed by atoms with Crippen molar-refractivity contribution in [3.63, 3.8) is 0 Å². The van der Waals surface area contributed by atoms with E-state index in [1.165, 1.54) is 0 Å². The molecule has 122 valence electrons. The van der Waals surface area contributed by atoms with Crippen LogP contribution in [0.4, 0.5) is 0 Å². The van der Waals surface area contributed by atoms with Crippen LogP contribution in [-0.2, 0) is 9.47 Å².